The van der Waals surface area contributed by atoms with E-state index in [4.69, 9.17) is 0 Å². The number of carbonyl (C=O) groups excluding carboxylic acids is 2. The topological polar surface area (TPSA) is 62.3 Å². The number of rotatable bonds is 5. The third-order valence-corrected chi connectivity index (χ3v) is 5.21. The highest BCUT2D eigenvalue weighted by Gasteiger charge is 2.36. The van der Waals surface area contributed by atoms with Crippen LogP contribution in [0.1, 0.15) is 21.5 Å². The summed E-state index contributed by atoms with van der Waals surface area (Å²) in [5.74, 6) is -0.554. The van der Waals surface area contributed by atoms with Gasteiger partial charge in [0, 0.05) is 18.5 Å². The van der Waals surface area contributed by atoms with Crippen LogP contribution in [-0.4, -0.2) is 27.7 Å². The van der Waals surface area contributed by atoms with E-state index in [-0.39, 0.29) is 16.9 Å². The molecule has 27 heavy (non-hydrogen) atoms. The van der Waals surface area contributed by atoms with Crippen LogP contribution in [-0.2, 0) is 17.8 Å². The molecular formula is C20H16FN3O2S. The Labute approximate surface area is 159 Å². The van der Waals surface area contributed by atoms with E-state index in [2.05, 4.69) is 10.3 Å². The Morgan fingerprint density at radius 3 is 2.63 bits per heavy atom. The molecule has 7 heteroatoms. The van der Waals surface area contributed by atoms with Crippen molar-refractivity contribution in [1.29, 1.82) is 0 Å². The number of amides is 2. The van der Waals surface area contributed by atoms with Crippen LogP contribution in [0.5, 0.6) is 0 Å². The van der Waals surface area contributed by atoms with Crippen LogP contribution < -0.4 is 5.32 Å². The van der Waals surface area contributed by atoms with Crippen LogP contribution in [0.15, 0.2) is 60.8 Å². The first kappa shape index (κ1) is 17.4. The number of hydrogen-bond donors (Lipinski definition) is 1. The largest absolute Gasteiger partial charge is 0.322 e. The van der Waals surface area contributed by atoms with Gasteiger partial charge in [-0.05, 0) is 17.2 Å². The number of aromatic nitrogens is 1. The average molecular weight is 381 g/mol. The molecule has 0 fully saturated rings. The molecule has 0 spiro atoms. The third-order valence-electron chi connectivity index (χ3n) is 4.51. The van der Waals surface area contributed by atoms with Gasteiger partial charge in [0.2, 0.25) is 5.91 Å². The molecule has 1 aliphatic rings. The minimum absolute atomic E-state index is 0.174. The van der Waals surface area contributed by atoms with Crippen molar-refractivity contribution < 1.29 is 14.0 Å². The molecule has 3 aromatic rings. The molecule has 2 heterocycles. The molecule has 1 aliphatic heterocycles. The van der Waals surface area contributed by atoms with Crippen LogP contribution in [0.3, 0.4) is 0 Å². The summed E-state index contributed by atoms with van der Waals surface area (Å²) in [5, 5.41) is 2.34. The quantitative estimate of drug-likeness (QED) is 0.736. The number of halogens is 1. The molecule has 0 saturated carbocycles. The molecule has 1 atom stereocenters. The summed E-state index contributed by atoms with van der Waals surface area (Å²) in [5.41, 5.74) is 2.45. The van der Waals surface area contributed by atoms with E-state index >= 15 is 0 Å². The van der Waals surface area contributed by atoms with Crippen molar-refractivity contribution in [1.82, 2.24) is 9.88 Å². The second kappa shape index (κ2) is 7.28. The Kier molecular flexibility index (Phi) is 4.68. The number of thiazole rings is 1. The van der Waals surface area contributed by atoms with Crippen LogP contribution >= 0.6 is 11.3 Å². The van der Waals surface area contributed by atoms with Crippen molar-refractivity contribution in [3.8, 4) is 0 Å². The second-order valence-corrected chi connectivity index (χ2v) is 7.24. The molecule has 0 unspecified atom stereocenters. The van der Waals surface area contributed by atoms with Crippen LogP contribution in [0, 0.1) is 5.13 Å². The van der Waals surface area contributed by atoms with Crippen molar-refractivity contribution in [2.75, 3.05) is 5.32 Å². The lowest BCUT2D eigenvalue weighted by atomic mass is 10.0. The Morgan fingerprint density at radius 1 is 1.19 bits per heavy atom. The van der Waals surface area contributed by atoms with Crippen molar-refractivity contribution >= 4 is 28.3 Å². The van der Waals surface area contributed by atoms with E-state index in [9.17, 15) is 14.0 Å². The summed E-state index contributed by atoms with van der Waals surface area (Å²) in [6, 6.07) is 16.1. The standard InChI is InChI=1S/C20H16FN3O2S/c21-17-11-22-20(27-17)23-18(25)16(10-13-6-2-1-3-7-13)24-12-14-8-4-5-9-15(14)19(24)26/h1-9,11,16H,10,12H2,(H,22,23,25)/t16-/m1/s1. The SMILES string of the molecule is O=C(Nc1ncc(F)s1)[C@@H](Cc1ccccc1)N1Cc2ccccc2C1=O. The maximum atomic E-state index is 13.2. The number of hydrogen-bond acceptors (Lipinski definition) is 4. The van der Waals surface area contributed by atoms with Crippen LogP contribution in [0.25, 0.3) is 0 Å². The van der Waals surface area contributed by atoms with Crippen LogP contribution in [0.2, 0.25) is 0 Å². The van der Waals surface area contributed by atoms with Gasteiger partial charge in [-0.15, -0.1) is 0 Å². The third kappa shape index (κ3) is 3.59. The predicted octanol–water partition coefficient (Wildman–Crippen LogP) is 3.49. The molecule has 0 bridgehead atoms. The van der Waals surface area contributed by atoms with Crippen molar-refractivity contribution in [2.24, 2.45) is 0 Å². The van der Waals surface area contributed by atoms with Gasteiger partial charge in [0.05, 0.1) is 6.20 Å². The van der Waals surface area contributed by atoms with Gasteiger partial charge in [0.15, 0.2) is 10.3 Å². The zero-order valence-corrected chi connectivity index (χ0v) is 15.1. The number of nitrogens with zero attached hydrogens (tertiary/aromatic N) is 2. The lowest BCUT2D eigenvalue weighted by Crippen LogP contribution is -2.45. The molecule has 0 radical (unpaired) electrons. The first-order valence-corrected chi connectivity index (χ1v) is 9.28. The summed E-state index contributed by atoms with van der Waals surface area (Å²) < 4.78 is 13.2. The minimum Gasteiger partial charge on any atom is -0.322 e. The normalized spacial score (nSPS) is 14.1. The fourth-order valence-corrected chi connectivity index (χ4v) is 3.76. The summed E-state index contributed by atoms with van der Waals surface area (Å²) in [7, 11) is 0. The Bertz CT molecular complexity index is 990. The first-order valence-electron chi connectivity index (χ1n) is 8.47. The van der Waals surface area contributed by atoms with Crippen molar-refractivity contribution in [3.63, 3.8) is 0 Å². The first-order chi connectivity index (χ1) is 13.1. The number of carbonyl (C=O) groups is 2. The lowest BCUT2D eigenvalue weighted by molar-refractivity contribution is -0.120. The second-order valence-electron chi connectivity index (χ2n) is 6.25. The maximum Gasteiger partial charge on any atom is 0.255 e. The molecular weight excluding hydrogens is 365 g/mol. The van der Waals surface area contributed by atoms with Gasteiger partial charge in [0.1, 0.15) is 6.04 Å². The fourth-order valence-electron chi connectivity index (χ4n) is 3.21. The summed E-state index contributed by atoms with van der Waals surface area (Å²) >= 11 is 0.757. The van der Waals surface area contributed by atoms with E-state index in [1.807, 2.05) is 48.5 Å². The molecule has 5 nitrogen and oxygen atoms in total. The Hall–Kier alpha value is -3.06. The van der Waals surface area contributed by atoms with Gasteiger partial charge >= 0.3 is 0 Å². The van der Waals surface area contributed by atoms with Crippen LogP contribution in [0.4, 0.5) is 9.52 Å². The van der Waals surface area contributed by atoms with Gasteiger partial charge in [-0.3, -0.25) is 9.59 Å². The van der Waals surface area contributed by atoms with E-state index in [0.717, 1.165) is 28.7 Å². The number of fused-ring (bicyclic) bond motifs is 1. The van der Waals surface area contributed by atoms with Crippen molar-refractivity contribution in [2.45, 2.75) is 19.0 Å². The number of anilines is 1. The van der Waals surface area contributed by atoms with E-state index in [1.54, 1.807) is 11.0 Å². The molecule has 4 rings (SSSR count). The zero-order chi connectivity index (χ0) is 18.8. The monoisotopic (exact) mass is 381 g/mol. The smallest absolute Gasteiger partial charge is 0.255 e. The van der Waals surface area contributed by atoms with E-state index < -0.39 is 11.2 Å². The van der Waals surface area contributed by atoms with Gasteiger partial charge in [-0.2, -0.15) is 4.39 Å². The highest BCUT2D eigenvalue weighted by molar-refractivity contribution is 7.14. The zero-order valence-electron chi connectivity index (χ0n) is 14.3. The number of nitrogens with one attached hydrogen (secondary N) is 1. The van der Waals surface area contributed by atoms with E-state index in [1.165, 1.54) is 0 Å². The summed E-state index contributed by atoms with van der Waals surface area (Å²) in [4.78, 5) is 31.2. The lowest BCUT2D eigenvalue weighted by Gasteiger charge is -2.26. The van der Waals surface area contributed by atoms with Crippen molar-refractivity contribution in [3.05, 3.63) is 82.6 Å². The maximum absolute atomic E-state index is 13.2. The highest BCUT2D eigenvalue weighted by Crippen LogP contribution is 2.27. The van der Waals surface area contributed by atoms with Gasteiger partial charge in [0.25, 0.3) is 5.91 Å². The Morgan fingerprint density at radius 2 is 1.93 bits per heavy atom. The number of benzene rings is 2. The average Bonchev–Trinajstić information content (AvgIpc) is 3.24. The fraction of sp³-hybridized carbons (Fsp3) is 0.150. The van der Waals surface area contributed by atoms with Gasteiger partial charge < -0.3 is 10.2 Å². The van der Waals surface area contributed by atoms with Gasteiger partial charge in [-0.25, -0.2) is 4.98 Å². The molecule has 0 saturated heterocycles. The Balaban J connectivity index is 1.62. The molecule has 0 aliphatic carbocycles. The molecule has 136 valence electrons. The van der Waals surface area contributed by atoms with Gasteiger partial charge in [-0.1, -0.05) is 59.9 Å². The highest BCUT2D eigenvalue weighted by atomic mass is 32.1. The summed E-state index contributed by atoms with van der Waals surface area (Å²) in [6.45, 7) is 0.367. The molecule has 2 amide bonds. The molecule has 1 N–H and O–H groups in total. The minimum atomic E-state index is -0.723. The van der Waals surface area contributed by atoms with E-state index in [0.29, 0.717) is 18.5 Å². The summed E-state index contributed by atoms with van der Waals surface area (Å²) in [6.07, 6.45) is 1.42. The predicted molar refractivity (Wildman–Crippen MR) is 101 cm³/mol. The molecule has 2 aromatic carbocycles. The molecule has 1 aromatic heterocycles.